The molecule has 0 amide bonds. The molecule has 2 aromatic rings. The van der Waals surface area contributed by atoms with Gasteiger partial charge in [-0.15, -0.1) is 11.6 Å². The van der Waals surface area contributed by atoms with Crippen molar-refractivity contribution in [1.82, 2.24) is 9.97 Å². The van der Waals surface area contributed by atoms with Gasteiger partial charge in [-0.2, -0.15) is 0 Å². The molecule has 0 radical (unpaired) electrons. The molecule has 0 saturated heterocycles. The highest BCUT2D eigenvalue weighted by Crippen LogP contribution is 2.35. The summed E-state index contributed by atoms with van der Waals surface area (Å²) in [5.74, 6) is 2.61. The molecule has 2 rings (SSSR count). The first-order chi connectivity index (χ1) is 8.69. The molecule has 0 unspecified atom stereocenters. The Morgan fingerprint density at radius 2 is 2.06 bits per heavy atom. The van der Waals surface area contributed by atoms with Gasteiger partial charge < -0.3 is 14.5 Å². The largest absolute Gasteiger partial charge is 0.497 e. The van der Waals surface area contributed by atoms with Gasteiger partial charge in [0.05, 0.1) is 32.0 Å². The van der Waals surface area contributed by atoms with Gasteiger partial charge in [0.25, 0.3) is 0 Å². The van der Waals surface area contributed by atoms with Gasteiger partial charge in [-0.1, -0.05) is 0 Å². The average Bonchev–Trinajstić information content (AvgIpc) is 2.85. The highest BCUT2D eigenvalue weighted by atomic mass is 35.5. The maximum Gasteiger partial charge on any atom is 0.132 e. The topological polar surface area (TPSA) is 47.1 Å². The Morgan fingerprint density at radius 1 is 1.28 bits per heavy atom. The number of ether oxygens (including phenoxy) is 2. The van der Waals surface area contributed by atoms with Crippen molar-refractivity contribution < 1.29 is 9.47 Å². The predicted molar refractivity (Wildman–Crippen MR) is 71.4 cm³/mol. The minimum atomic E-state index is 0.359. The van der Waals surface area contributed by atoms with Crippen LogP contribution in [0.25, 0.3) is 11.3 Å². The molecule has 0 spiro atoms. The van der Waals surface area contributed by atoms with Gasteiger partial charge in [-0.05, 0) is 18.6 Å². The third-order valence-corrected chi connectivity index (χ3v) is 3.01. The van der Waals surface area contributed by atoms with Crippen LogP contribution in [0.15, 0.2) is 18.3 Å². The summed E-state index contributed by atoms with van der Waals surface area (Å²) in [4.78, 5) is 7.36. The molecule has 1 heterocycles. The summed E-state index contributed by atoms with van der Waals surface area (Å²) >= 11 is 5.74. The Kier molecular flexibility index (Phi) is 3.77. The smallest absolute Gasteiger partial charge is 0.132 e. The van der Waals surface area contributed by atoms with Crippen LogP contribution in [0.3, 0.4) is 0 Å². The van der Waals surface area contributed by atoms with Crippen LogP contribution in [0.4, 0.5) is 0 Å². The summed E-state index contributed by atoms with van der Waals surface area (Å²) in [7, 11) is 3.27. The molecule has 5 heteroatoms. The first kappa shape index (κ1) is 12.8. The summed E-state index contributed by atoms with van der Waals surface area (Å²) in [5.41, 5.74) is 2.92. The molecule has 4 nitrogen and oxygen atoms in total. The number of aromatic amines is 1. The van der Waals surface area contributed by atoms with E-state index in [0.717, 1.165) is 34.1 Å². The fourth-order valence-electron chi connectivity index (χ4n) is 1.90. The van der Waals surface area contributed by atoms with Crippen molar-refractivity contribution >= 4 is 11.6 Å². The van der Waals surface area contributed by atoms with Gasteiger partial charge in [0.15, 0.2) is 0 Å². The molecule has 1 aromatic heterocycles. The number of rotatable bonds is 4. The van der Waals surface area contributed by atoms with Crippen LogP contribution in [0.5, 0.6) is 11.5 Å². The first-order valence-electron chi connectivity index (χ1n) is 5.52. The number of benzene rings is 1. The van der Waals surface area contributed by atoms with Crippen LogP contribution in [0.1, 0.15) is 11.4 Å². The minimum Gasteiger partial charge on any atom is -0.497 e. The lowest BCUT2D eigenvalue weighted by Gasteiger charge is -2.12. The van der Waals surface area contributed by atoms with Gasteiger partial charge in [-0.3, -0.25) is 0 Å². The minimum absolute atomic E-state index is 0.359. The molecule has 18 heavy (non-hydrogen) atoms. The van der Waals surface area contributed by atoms with Crippen molar-refractivity contribution in [2.45, 2.75) is 12.8 Å². The van der Waals surface area contributed by atoms with Crippen LogP contribution in [-0.4, -0.2) is 24.2 Å². The number of nitrogens with zero attached hydrogens (tertiary/aromatic N) is 1. The van der Waals surface area contributed by atoms with Crippen molar-refractivity contribution in [3.63, 3.8) is 0 Å². The van der Waals surface area contributed by atoms with Gasteiger partial charge in [-0.25, -0.2) is 4.98 Å². The lowest BCUT2D eigenvalue weighted by Crippen LogP contribution is -1.94. The van der Waals surface area contributed by atoms with E-state index in [2.05, 4.69) is 9.97 Å². The molecule has 0 fully saturated rings. The van der Waals surface area contributed by atoms with Crippen LogP contribution in [0.2, 0.25) is 0 Å². The fraction of sp³-hybridized carbons (Fsp3) is 0.308. The highest BCUT2D eigenvalue weighted by molar-refractivity contribution is 6.16. The molecule has 96 valence electrons. The van der Waals surface area contributed by atoms with Crippen molar-refractivity contribution in [2.24, 2.45) is 0 Å². The SMILES string of the molecule is COc1cc(C)c(-c2cnc(CCl)[nH]2)c(OC)c1. The Morgan fingerprint density at radius 3 is 2.61 bits per heavy atom. The summed E-state index contributed by atoms with van der Waals surface area (Å²) in [5, 5.41) is 0. The number of aromatic nitrogens is 2. The van der Waals surface area contributed by atoms with Gasteiger partial charge in [0, 0.05) is 11.6 Å². The number of nitrogens with one attached hydrogen (secondary N) is 1. The number of alkyl halides is 1. The fourth-order valence-corrected chi connectivity index (χ4v) is 2.04. The van der Waals surface area contributed by atoms with E-state index in [1.54, 1.807) is 20.4 Å². The monoisotopic (exact) mass is 266 g/mol. The summed E-state index contributed by atoms with van der Waals surface area (Å²) in [6.45, 7) is 2.00. The lowest BCUT2D eigenvalue weighted by atomic mass is 10.0. The van der Waals surface area contributed by atoms with E-state index >= 15 is 0 Å². The van der Waals surface area contributed by atoms with Crippen molar-refractivity contribution in [1.29, 1.82) is 0 Å². The zero-order valence-electron chi connectivity index (χ0n) is 10.6. The number of methoxy groups -OCH3 is 2. The third kappa shape index (κ3) is 2.29. The van der Waals surface area contributed by atoms with Crippen molar-refractivity contribution in [3.8, 4) is 22.8 Å². The van der Waals surface area contributed by atoms with Crippen molar-refractivity contribution in [3.05, 3.63) is 29.7 Å². The van der Waals surface area contributed by atoms with Crippen LogP contribution >= 0.6 is 11.6 Å². The molecular weight excluding hydrogens is 252 g/mol. The molecule has 0 aliphatic heterocycles. The van der Waals surface area contributed by atoms with E-state index in [1.807, 2.05) is 19.1 Å². The van der Waals surface area contributed by atoms with Crippen LogP contribution in [0, 0.1) is 6.92 Å². The molecule has 1 aromatic carbocycles. The molecule has 0 aliphatic carbocycles. The number of imidazole rings is 1. The molecule has 0 saturated carbocycles. The molecule has 1 N–H and O–H groups in total. The second kappa shape index (κ2) is 5.31. The standard InChI is InChI=1S/C13H15ClN2O2/c1-8-4-9(17-2)5-11(18-3)13(8)10-7-15-12(6-14)16-10/h4-5,7H,6H2,1-3H3,(H,15,16). The highest BCUT2D eigenvalue weighted by Gasteiger charge is 2.13. The normalized spacial score (nSPS) is 10.4. The second-order valence-corrected chi connectivity index (χ2v) is 4.17. The van der Waals surface area contributed by atoms with E-state index in [4.69, 9.17) is 21.1 Å². The number of hydrogen-bond acceptors (Lipinski definition) is 3. The van der Waals surface area contributed by atoms with Crippen LogP contribution < -0.4 is 9.47 Å². The summed E-state index contributed by atoms with van der Waals surface area (Å²) in [6.07, 6.45) is 1.76. The quantitative estimate of drug-likeness (QED) is 0.865. The zero-order valence-corrected chi connectivity index (χ0v) is 11.3. The second-order valence-electron chi connectivity index (χ2n) is 3.90. The molecule has 0 atom stereocenters. The van der Waals surface area contributed by atoms with Gasteiger partial charge in [0.1, 0.15) is 17.3 Å². The Labute approximate surface area is 111 Å². The Bertz CT molecular complexity index is 552. The lowest BCUT2D eigenvalue weighted by molar-refractivity contribution is 0.395. The van der Waals surface area contributed by atoms with Gasteiger partial charge >= 0.3 is 0 Å². The van der Waals surface area contributed by atoms with E-state index < -0.39 is 0 Å². The van der Waals surface area contributed by atoms with Gasteiger partial charge in [0.2, 0.25) is 0 Å². The Hall–Kier alpha value is -1.68. The number of H-pyrrole nitrogens is 1. The van der Waals surface area contributed by atoms with Crippen molar-refractivity contribution in [2.75, 3.05) is 14.2 Å². The Balaban J connectivity index is 2.55. The summed E-state index contributed by atoms with van der Waals surface area (Å²) < 4.78 is 10.6. The number of aryl methyl sites for hydroxylation is 1. The zero-order chi connectivity index (χ0) is 13.1. The van der Waals surface area contributed by atoms with E-state index in [9.17, 15) is 0 Å². The summed E-state index contributed by atoms with van der Waals surface area (Å²) in [6, 6.07) is 3.81. The molecule has 0 aliphatic rings. The third-order valence-electron chi connectivity index (χ3n) is 2.75. The van der Waals surface area contributed by atoms with E-state index in [1.165, 1.54) is 0 Å². The number of halogens is 1. The van der Waals surface area contributed by atoms with E-state index in [-0.39, 0.29) is 0 Å². The van der Waals surface area contributed by atoms with Crippen LogP contribution in [-0.2, 0) is 5.88 Å². The predicted octanol–water partition coefficient (Wildman–Crippen LogP) is 3.14. The maximum atomic E-state index is 5.74. The first-order valence-corrected chi connectivity index (χ1v) is 6.06. The number of hydrogen-bond donors (Lipinski definition) is 1. The molecular formula is C13H15ClN2O2. The molecule has 0 bridgehead atoms. The maximum absolute atomic E-state index is 5.74. The average molecular weight is 267 g/mol. The van der Waals surface area contributed by atoms with E-state index in [0.29, 0.717) is 5.88 Å².